The van der Waals surface area contributed by atoms with E-state index in [1.165, 1.54) is 0 Å². The van der Waals surface area contributed by atoms with Crippen LogP contribution in [0.2, 0.25) is 0 Å². The largest absolute Gasteiger partial charge is 0.372 e. The zero-order valence-corrected chi connectivity index (χ0v) is 16.9. The van der Waals surface area contributed by atoms with Gasteiger partial charge in [0.1, 0.15) is 0 Å². The first-order valence-electron chi connectivity index (χ1n) is 9.83. The molecule has 1 aromatic heterocycles. The van der Waals surface area contributed by atoms with Crippen molar-refractivity contribution in [3.8, 4) is 5.69 Å². The van der Waals surface area contributed by atoms with Crippen molar-refractivity contribution in [1.82, 2.24) is 19.9 Å². The number of rotatable bonds is 4. The Morgan fingerprint density at radius 2 is 1.67 bits per heavy atom. The molecule has 8 heteroatoms. The van der Waals surface area contributed by atoms with Crippen molar-refractivity contribution in [2.24, 2.45) is 0 Å². The average Bonchev–Trinajstić information content (AvgIpc) is 3.24. The topological polar surface area (TPSA) is 89.4 Å². The number of carbonyl (C=O) groups is 2. The van der Waals surface area contributed by atoms with Gasteiger partial charge in [0.15, 0.2) is 5.69 Å². The van der Waals surface area contributed by atoms with E-state index in [2.05, 4.69) is 15.6 Å². The second kappa shape index (κ2) is 8.46. The number of carbonyl (C=O) groups excluding carboxylic acids is 2. The van der Waals surface area contributed by atoms with Crippen LogP contribution in [0.5, 0.6) is 0 Å². The molecule has 1 aliphatic heterocycles. The van der Waals surface area contributed by atoms with E-state index in [0.29, 0.717) is 24.3 Å². The molecular formula is C22H23N5O3. The van der Waals surface area contributed by atoms with Crippen molar-refractivity contribution < 1.29 is 14.3 Å². The molecule has 3 aromatic rings. The van der Waals surface area contributed by atoms with Crippen molar-refractivity contribution in [3.63, 3.8) is 0 Å². The Labute approximate surface area is 174 Å². The van der Waals surface area contributed by atoms with E-state index in [1.807, 2.05) is 44.2 Å². The molecule has 0 bridgehead atoms. The van der Waals surface area contributed by atoms with E-state index in [1.54, 1.807) is 40.0 Å². The Morgan fingerprint density at radius 1 is 1.00 bits per heavy atom. The first kappa shape index (κ1) is 19.8. The lowest BCUT2D eigenvalue weighted by Crippen LogP contribution is -2.48. The molecule has 0 spiro atoms. The maximum atomic E-state index is 12.7. The summed E-state index contributed by atoms with van der Waals surface area (Å²) in [4.78, 5) is 27.0. The Morgan fingerprint density at radius 3 is 2.33 bits per heavy atom. The monoisotopic (exact) mass is 405 g/mol. The highest BCUT2D eigenvalue weighted by atomic mass is 16.5. The van der Waals surface area contributed by atoms with Crippen LogP contribution in [0.15, 0.2) is 60.8 Å². The minimum atomic E-state index is -0.368. The molecule has 154 valence electrons. The third kappa shape index (κ3) is 4.38. The fourth-order valence-electron chi connectivity index (χ4n) is 3.49. The molecule has 30 heavy (non-hydrogen) atoms. The molecule has 1 N–H and O–H groups in total. The van der Waals surface area contributed by atoms with Crippen LogP contribution in [0.25, 0.3) is 5.69 Å². The van der Waals surface area contributed by atoms with E-state index in [9.17, 15) is 9.59 Å². The third-order valence-electron chi connectivity index (χ3n) is 4.84. The van der Waals surface area contributed by atoms with Crippen molar-refractivity contribution in [2.75, 3.05) is 18.4 Å². The van der Waals surface area contributed by atoms with Gasteiger partial charge < -0.3 is 15.0 Å². The Bertz CT molecular complexity index is 1020. The lowest BCUT2D eigenvalue weighted by molar-refractivity contribution is -0.0586. The lowest BCUT2D eigenvalue weighted by atomic mass is 10.1. The fraction of sp³-hybridized carbons (Fsp3) is 0.273. The number of ether oxygens (including phenoxy) is 1. The summed E-state index contributed by atoms with van der Waals surface area (Å²) in [6.45, 7) is 5.06. The molecule has 2 amide bonds. The van der Waals surface area contributed by atoms with Crippen LogP contribution in [-0.2, 0) is 4.74 Å². The molecule has 1 saturated heterocycles. The highest BCUT2D eigenvalue weighted by molar-refractivity contribution is 6.03. The van der Waals surface area contributed by atoms with Crippen molar-refractivity contribution in [1.29, 1.82) is 0 Å². The van der Waals surface area contributed by atoms with Gasteiger partial charge in [-0.2, -0.15) is 0 Å². The molecule has 0 saturated carbocycles. The summed E-state index contributed by atoms with van der Waals surface area (Å²) >= 11 is 0. The van der Waals surface area contributed by atoms with Crippen molar-refractivity contribution in [3.05, 3.63) is 72.1 Å². The summed E-state index contributed by atoms with van der Waals surface area (Å²) in [5, 5.41) is 10.7. The number of amides is 2. The van der Waals surface area contributed by atoms with Gasteiger partial charge in [0, 0.05) is 24.3 Å². The number of nitrogens with one attached hydrogen (secondary N) is 1. The van der Waals surface area contributed by atoms with Gasteiger partial charge in [-0.15, -0.1) is 5.10 Å². The molecule has 2 atom stereocenters. The zero-order chi connectivity index (χ0) is 21.1. The third-order valence-corrected chi connectivity index (χ3v) is 4.84. The fourth-order valence-corrected chi connectivity index (χ4v) is 3.49. The lowest BCUT2D eigenvalue weighted by Gasteiger charge is -2.35. The molecule has 8 nitrogen and oxygen atoms in total. The number of anilines is 1. The number of nitrogens with zero attached hydrogens (tertiary/aromatic N) is 4. The predicted octanol–water partition coefficient (Wildman–Crippen LogP) is 2.77. The maximum Gasteiger partial charge on any atom is 0.277 e. The molecule has 0 aliphatic carbocycles. The Hall–Kier alpha value is -3.52. The van der Waals surface area contributed by atoms with Gasteiger partial charge in [-0.25, -0.2) is 4.68 Å². The first-order valence-corrected chi connectivity index (χ1v) is 9.83. The van der Waals surface area contributed by atoms with Crippen LogP contribution in [0.1, 0.15) is 34.7 Å². The van der Waals surface area contributed by atoms with Crippen LogP contribution in [0.4, 0.5) is 5.69 Å². The van der Waals surface area contributed by atoms with Gasteiger partial charge in [0.05, 0.1) is 24.1 Å². The van der Waals surface area contributed by atoms with Crippen LogP contribution in [0, 0.1) is 0 Å². The zero-order valence-electron chi connectivity index (χ0n) is 16.9. The standard InChI is InChI=1S/C22H23N5O3/c1-15-12-26(13-16(2)30-15)22(29)17-8-10-18(11-9-17)23-21(28)20-14-27(25-24-20)19-6-4-3-5-7-19/h3-11,14-16H,12-13H2,1-2H3,(H,23,28). The minimum Gasteiger partial charge on any atom is -0.372 e. The number of hydrogen-bond acceptors (Lipinski definition) is 5. The van der Waals surface area contributed by atoms with Crippen molar-refractivity contribution >= 4 is 17.5 Å². The van der Waals surface area contributed by atoms with Crippen molar-refractivity contribution in [2.45, 2.75) is 26.1 Å². The molecule has 0 radical (unpaired) electrons. The second-order valence-corrected chi connectivity index (χ2v) is 7.38. The molecule has 2 aromatic carbocycles. The SMILES string of the molecule is CC1CN(C(=O)c2ccc(NC(=O)c3cn(-c4ccccc4)nn3)cc2)CC(C)O1. The van der Waals surface area contributed by atoms with Crippen LogP contribution in [0.3, 0.4) is 0 Å². The minimum absolute atomic E-state index is 0.0144. The van der Waals surface area contributed by atoms with E-state index in [0.717, 1.165) is 5.69 Å². The number of morpholine rings is 1. The maximum absolute atomic E-state index is 12.7. The second-order valence-electron chi connectivity index (χ2n) is 7.38. The normalized spacial score (nSPS) is 18.8. The Kier molecular flexibility index (Phi) is 5.58. The molecular weight excluding hydrogens is 382 g/mol. The number of para-hydroxylation sites is 1. The number of aromatic nitrogens is 3. The smallest absolute Gasteiger partial charge is 0.277 e. The quantitative estimate of drug-likeness (QED) is 0.721. The highest BCUT2D eigenvalue weighted by Crippen LogP contribution is 2.17. The summed E-state index contributed by atoms with van der Waals surface area (Å²) in [5.74, 6) is -0.409. The summed E-state index contributed by atoms with van der Waals surface area (Å²) in [7, 11) is 0. The first-order chi connectivity index (χ1) is 14.5. The summed E-state index contributed by atoms with van der Waals surface area (Å²) in [6, 6.07) is 16.3. The molecule has 4 rings (SSSR count). The molecule has 1 fully saturated rings. The van der Waals surface area contributed by atoms with Gasteiger partial charge in [0.2, 0.25) is 0 Å². The summed E-state index contributed by atoms with van der Waals surface area (Å²) in [5.41, 5.74) is 2.17. The van der Waals surface area contributed by atoms with E-state index >= 15 is 0 Å². The average molecular weight is 405 g/mol. The van der Waals surface area contributed by atoms with E-state index in [4.69, 9.17) is 4.74 Å². The highest BCUT2D eigenvalue weighted by Gasteiger charge is 2.26. The molecule has 2 unspecified atom stereocenters. The summed E-state index contributed by atoms with van der Waals surface area (Å²) in [6.07, 6.45) is 1.60. The predicted molar refractivity (Wildman–Crippen MR) is 112 cm³/mol. The van der Waals surface area contributed by atoms with Gasteiger partial charge in [-0.3, -0.25) is 9.59 Å². The van der Waals surface area contributed by atoms with Gasteiger partial charge >= 0.3 is 0 Å². The van der Waals surface area contributed by atoms with Gasteiger partial charge in [-0.05, 0) is 50.2 Å². The van der Waals surface area contributed by atoms with Crippen LogP contribution in [-0.4, -0.2) is 57.0 Å². The molecule has 2 heterocycles. The van der Waals surface area contributed by atoms with Crippen LogP contribution >= 0.6 is 0 Å². The van der Waals surface area contributed by atoms with Gasteiger partial charge in [0.25, 0.3) is 11.8 Å². The summed E-state index contributed by atoms with van der Waals surface area (Å²) < 4.78 is 7.23. The molecule has 1 aliphatic rings. The van der Waals surface area contributed by atoms with Crippen LogP contribution < -0.4 is 5.32 Å². The van der Waals surface area contributed by atoms with Gasteiger partial charge in [-0.1, -0.05) is 23.4 Å². The number of hydrogen-bond donors (Lipinski definition) is 1. The van der Waals surface area contributed by atoms with E-state index < -0.39 is 0 Å². The number of benzene rings is 2. The van der Waals surface area contributed by atoms with E-state index in [-0.39, 0.29) is 29.7 Å². The Balaban J connectivity index is 1.40.